The summed E-state index contributed by atoms with van der Waals surface area (Å²) in [6.07, 6.45) is 0. The van der Waals surface area contributed by atoms with Crippen LogP contribution in [0.4, 0.5) is 4.39 Å². The van der Waals surface area contributed by atoms with Crippen LogP contribution in [0.15, 0.2) is 12.1 Å². The average molecular weight is 201 g/mol. The fourth-order valence-electron chi connectivity index (χ4n) is 1.10. The van der Waals surface area contributed by atoms with Crippen molar-refractivity contribution >= 4 is 0 Å². The maximum atomic E-state index is 12.8. The summed E-state index contributed by atoms with van der Waals surface area (Å²) in [4.78, 5) is 4.62. The highest BCUT2D eigenvalue weighted by Gasteiger charge is 2.10. The Morgan fingerprint density at radius 3 is 2.71 bits per heavy atom. The normalized spacial score (nSPS) is 10.2. The van der Waals surface area contributed by atoms with Crippen molar-refractivity contribution in [3.05, 3.63) is 23.5 Å². The molecule has 0 unspecified atom stereocenters. The molecule has 4 nitrogen and oxygen atoms in total. The van der Waals surface area contributed by atoms with Crippen molar-refractivity contribution in [2.45, 2.75) is 6.54 Å². The van der Waals surface area contributed by atoms with Crippen LogP contribution in [-0.4, -0.2) is 19.3 Å². The van der Waals surface area contributed by atoms with Crippen LogP contribution in [0, 0.1) is 5.82 Å². The number of benzene rings is 1. The number of aromatic hydroxyl groups is 1. The number of hydroxylamine groups is 1. The fraction of sp³-hybridized carbons (Fsp3) is 0.333. The topological polar surface area (TPSA) is 50.7 Å². The zero-order valence-corrected chi connectivity index (χ0v) is 8.00. The first kappa shape index (κ1) is 10.7. The molecule has 0 atom stereocenters. The molecule has 1 aromatic rings. The van der Waals surface area contributed by atoms with Crippen LogP contribution in [0.2, 0.25) is 0 Å². The minimum atomic E-state index is -0.541. The first-order chi connectivity index (χ1) is 6.69. The quantitative estimate of drug-likeness (QED) is 0.718. The highest BCUT2D eigenvalue weighted by atomic mass is 19.1. The van der Waals surface area contributed by atoms with E-state index in [2.05, 4.69) is 10.3 Å². The third kappa shape index (κ3) is 2.34. The lowest BCUT2D eigenvalue weighted by Crippen LogP contribution is -2.12. The summed E-state index contributed by atoms with van der Waals surface area (Å²) < 4.78 is 17.7. The van der Waals surface area contributed by atoms with Crippen LogP contribution >= 0.6 is 0 Å². The minimum absolute atomic E-state index is 0.161. The van der Waals surface area contributed by atoms with Crippen molar-refractivity contribution < 1.29 is 19.1 Å². The molecule has 0 bridgehead atoms. The predicted octanol–water partition coefficient (Wildman–Crippen LogP) is 1.19. The average Bonchev–Trinajstić information content (AvgIpc) is 2.15. The Morgan fingerprint density at radius 2 is 2.14 bits per heavy atom. The monoisotopic (exact) mass is 201 g/mol. The van der Waals surface area contributed by atoms with Crippen molar-refractivity contribution in [3.8, 4) is 11.5 Å². The summed E-state index contributed by atoms with van der Waals surface area (Å²) in [5, 5.41) is 9.41. The van der Waals surface area contributed by atoms with Gasteiger partial charge in [-0.15, -0.1) is 0 Å². The zero-order valence-electron chi connectivity index (χ0n) is 8.00. The summed E-state index contributed by atoms with van der Waals surface area (Å²) in [7, 11) is 2.86. The molecule has 0 aromatic heterocycles. The molecule has 0 amide bonds. The minimum Gasteiger partial charge on any atom is -0.507 e. The smallest absolute Gasteiger partial charge is 0.130 e. The SMILES string of the molecule is CONCc1c(O)cc(F)cc1OC. The Morgan fingerprint density at radius 1 is 1.43 bits per heavy atom. The van der Waals surface area contributed by atoms with Crippen LogP contribution in [0.3, 0.4) is 0 Å². The predicted molar refractivity (Wildman–Crippen MR) is 48.5 cm³/mol. The van der Waals surface area contributed by atoms with Gasteiger partial charge < -0.3 is 14.7 Å². The Bertz CT molecular complexity index is 317. The summed E-state index contributed by atoms with van der Waals surface area (Å²) in [6, 6.07) is 2.22. The molecule has 2 N–H and O–H groups in total. The number of ether oxygens (including phenoxy) is 1. The van der Waals surface area contributed by atoms with Crippen LogP contribution in [0.5, 0.6) is 11.5 Å². The van der Waals surface area contributed by atoms with E-state index in [-0.39, 0.29) is 18.0 Å². The molecule has 1 rings (SSSR count). The highest BCUT2D eigenvalue weighted by molar-refractivity contribution is 5.44. The van der Waals surface area contributed by atoms with Crippen LogP contribution in [0.1, 0.15) is 5.56 Å². The molecule has 14 heavy (non-hydrogen) atoms. The lowest BCUT2D eigenvalue weighted by molar-refractivity contribution is 0.0855. The van der Waals surface area contributed by atoms with Crippen molar-refractivity contribution in [2.24, 2.45) is 0 Å². The van der Waals surface area contributed by atoms with E-state index in [1.807, 2.05) is 0 Å². The maximum absolute atomic E-state index is 12.8. The second-order valence-electron chi connectivity index (χ2n) is 2.63. The molecule has 78 valence electrons. The summed E-state index contributed by atoms with van der Waals surface area (Å²) >= 11 is 0. The van der Waals surface area contributed by atoms with Crippen molar-refractivity contribution in [3.63, 3.8) is 0 Å². The standard InChI is InChI=1S/C9H12FNO3/c1-13-9-4-6(10)3-8(12)7(9)5-11-14-2/h3-4,11-12H,5H2,1-2H3. The lowest BCUT2D eigenvalue weighted by Gasteiger charge is -2.10. The van der Waals surface area contributed by atoms with Gasteiger partial charge in [0.05, 0.1) is 26.3 Å². The summed E-state index contributed by atoms with van der Waals surface area (Å²) in [5.74, 6) is -0.418. The number of nitrogens with one attached hydrogen (secondary N) is 1. The van der Waals surface area contributed by atoms with Crippen LogP contribution in [0.25, 0.3) is 0 Å². The van der Waals surface area contributed by atoms with Gasteiger partial charge in [0, 0.05) is 12.1 Å². The van der Waals surface area contributed by atoms with Gasteiger partial charge in [0.25, 0.3) is 0 Å². The second-order valence-corrected chi connectivity index (χ2v) is 2.63. The zero-order chi connectivity index (χ0) is 10.6. The van der Waals surface area contributed by atoms with E-state index < -0.39 is 5.82 Å². The van der Waals surface area contributed by atoms with E-state index in [9.17, 15) is 9.50 Å². The molecule has 5 heteroatoms. The number of halogens is 1. The molecule has 0 spiro atoms. The van der Waals surface area contributed by atoms with E-state index >= 15 is 0 Å². The number of rotatable bonds is 4. The van der Waals surface area contributed by atoms with E-state index in [0.717, 1.165) is 6.07 Å². The van der Waals surface area contributed by atoms with Gasteiger partial charge in [0.1, 0.15) is 17.3 Å². The van der Waals surface area contributed by atoms with Crippen molar-refractivity contribution in [1.29, 1.82) is 0 Å². The molecule has 0 aliphatic heterocycles. The Labute approximate surface area is 81.2 Å². The molecule has 0 radical (unpaired) electrons. The number of methoxy groups -OCH3 is 1. The van der Waals surface area contributed by atoms with Crippen LogP contribution in [-0.2, 0) is 11.4 Å². The third-order valence-corrected chi connectivity index (χ3v) is 1.76. The van der Waals surface area contributed by atoms with Crippen molar-refractivity contribution in [2.75, 3.05) is 14.2 Å². The number of phenols is 1. The van der Waals surface area contributed by atoms with E-state index in [1.54, 1.807) is 0 Å². The number of phenolic OH excluding ortho intramolecular Hbond substituents is 1. The molecule has 1 aromatic carbocycles. The largest absolute Gasteiger partial charge is 0.507 e. The van der Waals surface area contributed by atoms with Gasteiger partial charge in [-0.3, -0.25) is 0 Å². The Kier molecular flexibility index (Phi) is 3.67. The van der Waals surface area contributed by atoms with Gasteiger partial charge in [0.15, 0.2) is 0 Å². The summed E-state index contributed by atoms with van der Waals surface area (Å²) in [5.41, 5.74) is 2.99. The van der Waals surface area contributed by atoms with E-state index in [4.69, 9.17) is 4.74 Å². The molecule has 0 aliphatic rings. The Balaban J connectivity index is 2.99. The molecule has 0 aliphatic carbocycles. The van der Waals surface area contributed by atoms with Gasteiger partial charge in [-0.2, -0.15) is 5.48 Å². The highest BCUT2D eigenvalue weighted by Crippen LogP contribution is 2.28. The Hall–Kier alpha value is -1.33. The summed E-state index contributed by atoms with van der Waals surface area (Å²) in [6.45, 7) is 0.242. The molecular weight excluding hydrogens is 189 g/mol. The number of hydrogen-bond donors (Lipinski definition) is 2. The van der Waals surface area contributed by atoms with E-state index in [1.165, 1.54) is 20.3 Å². The van der Waals surface area contributed by atoms with Gasteiger partial charge in [-0.25, -0.2) is 4.39 Å². The van der Waals surface area contributed by atoms with Gasteiger partial charge in [-0.1, -0.05) is 0 Å². The number of hydrogen-bond acceptors (Lipinski definition) is 4. The first-order valence-corrected chi connectivity index (χ1v) is 4.00. The third-order valence-electron chi connectivity index (χ3n) is 1.76. The van der Waals surface area contributed by atoms with Crippen LogP contribution < -0.4 is 10.2 Å². The molecule has 0 saturated carbocycles. The maximum Gasteiger partial charge on any atom is 0.130 e. The van der Waals surface area contributed by atoms with E-state index in [0.29, 0.717) is 5.56 Å². The van der Waals surface area contributed by atoms with Gasteiger partial charge >= 0.3 is 0 Å². The molecule has 0 heterocycles. The first-order valence-electron chi connectivity index (χ1n) is 4.00. The van der Waals surface area contributed by atoms with Gasteiger partial charge in [0.2, 0.25) is 0 Å². The fourth-order valence-corrected chi connectivity index (χ4v) is 1.10. The molecule has 0 saturated heterocycles. The second kappa shape index (κ2) is 4.78. The van der Waals surface area contributed by atoms with Gasteiger partial charge in [-0.05, 0) is 0 Å². The molecule has 0 fully saturated rings. The lowest BCUT2D eigenvalue weighted by atomic mass is 10.1. The molecular formula is C9H12FNO3. The van der Waals surface area contributed by atoms with Crippen molar-refractivity contribution in [1.82, 2.24) is 5.48 Å².